The minimum absolute atomic E-state index is 0.0563. The standard InChI is InChI=1S/C32H34N4O6S.C27H24ClN3O4.C5H11NO2S/c1-36(24-13-16-43(37,38)21-24)14-6-15-41-31-18-27-26(17-30(31)40-3)32(22(19-33)20-34-27)35-23-9-11-25(12-10-23)42-29-8-5-4-7-28(29)39-2;1-32-23-6-3-4-7-24(23)35-20-10-8-19(9-11-20)31-27-18(16-29)17-30-22-15-26(34-13-5-12-28)25(33-2)14-21(22)27;1-6-5-2-3-9(7,8)4-5/h4-5,7-12,17-18,20,24H,6,13-16,21H2,1-3H3,(H,34,35);3-4,6-11,14-15,17H,5,12-13H2,1-2H3,(H,30,31);5-6H,2-4H2,1H3. The van der Waals surface area contributed by atoms with E-state index >= 15 is 0 Å². The lowest BCUT2D eigenvalue weighted by molar-refractivity contribution is 0.223. The average molecular weight is 1240 g/mol. The normalized spacial score (nSPS) is 15.3. The fourth-order valence-electron chi connectivity index (χ4n) is 9.61. The summed E-state index contributed by atoms with van der Waals surface area (Å²) in [5.41, 5.74) is 4.87. The van der Waals surface area contributed by atoms with E-state index in [1.165, 1.54) is 6.20 Å². The van der Waals surface area contributed by atoms with Crippen molar-refractivity contribution in [1.29, 1.82) is 10.5 Å². The Morgan fingerprint density at radius 1 is 0.575 bits per heavy atom. The molecule has 2 atom stereocenters. The average Bonchev–Trinajstić information content (AvgIpc) is 1.99. The highest BCUT2D eigenvalue weighted by atomic mass is 35.5. The summed E-state index contributed by atoms with van der Waals surface area (Å²) in [5, 5.41) is 30.6. The maximum atomic E-state index is 11.8. The number of ether oxygens (including phenoxy) is 8. The van der Waals surface area contributed by atoms with E-state index in [0.29, 0.717) is 140 Å². The predicted molar refractivity (Wildman–Crippen MR) is 338 cm³/mol. The van der Waals surface area contributed by atoms with Crippen molar-refractivity contribution in [2.75, 3.05) is 102 Å². The molecule has 456 valence electrons. The number of fused-ring (bicyclic) bond motifs is 2. The zero-order valence-corrected chi connectivity index (χ0v) is 51.6. The van der Waals surface area contributed by atoms with Crippen molar-refractivity contribution < 1.29 is 54.7 Å². The van der Waals surface area contributed by atoms with Crippen LogP contribution in [0.25, 0.3) is 21.8 Å². The quantitative estimate of drug-likeness (QED) is 0.0397. The van der Waals surface area contributed by atoms with Gasteiger partial charge in [0.1, 0.15) is 23.6 Å². The fraction of sp³-hybridized carbons (Fsp3) is 0.312. The number of alkyl halides is 1. The van der Waals surface area contributed by atoms with E-state index in [2.05, 4.69) is 43.0 Å². The molecule has 20 nitrogen and oxygen atoms in total. The van der Waals surface area contributed by atoms with Gasteiger partial charge in [0, 0.05) is 71.2 Å². The highest BCUT2D eigenvalue weighted by molar-refractivity contribution is 7.91. The van der Waals surface area contributed by atoms with Gasteiger partial charge in [-0.2, -0.15) is 10.5 Å². The Bertz CT molecular complexity index is 3960. The Morgan fingerprint density at radius 2 is 1.01 bits per heavy atom. The molecule has 0 bridgehead atoms. The Hall–Kier alpha value is -8.77. The summed E-state index contributed by atoms with van der Waals surface area (Å²) in [6.07, 6.45) is 5.96. The number of nitrogens with zero attached hydrogens (tertiary/aromatic N) is 5. The summed E-state index contributed by atoms with van der Waals surface area (Å²) in [5.74, 6) is 7.66. The van der Waals surface area contributed by atoms with Gasteiger partial charge in [-0.3, -0.25) is 9.97 Å². The van der Waals surface area contributed by atoms with E-state index < -0.39 is 19.7 Å². The summed E-state index contributed by atoms with van der Waals surface area (Å²) in [7, 11) is 4.50. The number of rotatable bonds is 23. The van der Waals surface area contributed by atoms with Gasteiger partial charge in [-0.15, -0.1) is 11.6 Å². The Kier molecular flexibility index (Phi) is 22.5. The van der Waals surface area contributed by atoms with Gasteiger partial charge in [0.05, 0.1) is 98.2 Å². The number of benzene rings is 6. The lowest BCUT2D eigenvalue weighted by atomic mass is 10.1. The van der Waals surface area contributed by atoms with Gasteiger partial charge in [-0.1, -0.05) is 24.3 Å². The molecule has 0 aliphatic carbocycles. The van der Waals surface area contributed by atoms with E-state index in [-0.39, 0.29) is 23.6 Å². The molecule has 0 saturated carbocycles. The molecule has 0 amide bonds. The molecule has 3 N–H and O–H groups in total. The van der Waals surface area contributed by atoms with Crippen molar-refractivity contribution in [3.8, 4) is 69.6 Å². The van der Waals surface area contributed by atoms with Crippen molar-refractivity contribution in [2.24, 2.45) is 0 Å². The van der Waals surface area contributed by atoms with Crippen molar-refractivity contribution in [1.82, 2.24) is 20.2 Å². The first-order valence-electron chi connectivity index (χ1n) is 27.9. The minimum atomic E-state index is -2.92. The Balaban J connectivity index is 0.000000200. The second-order valence-corrected chi connectivity index (χ2v) is 25.0. The van der Waals surface area contributed by atoms with E-state index in [4.69, 9.17) is 49.5 Å². The number of halogens is 1. The minimum Gasteiger partial charge on any atom is -0.493 e. The highest BCUT2D eigenvalue weighted by Crippen LogP contribution is 2.40. The maximum absolute atomic E-state index is 11.8. The third kappa shape index (κ3) is 17.2. The SMILES string of the molecule is CNC1CCS(=O)(=O)C1.COc1cc2c(Nc3ccc(Oc4ccccc4OC)cc3)c(C#N)cnc2cc1OCCCCl.COc1cc2c(Nc3ccc(Oc4ccccc4OC)cc3)c(C#N)cnc2cc1OCCCN(C)C1CCS(=O)(=O)C1. The zero-order valence-electron chi connectivity index (χ0n) is 49.2. The topological polar surface area (TPSA) is 255 Å². The number of hydrogen-bond acceptors (Lipinski definition) is 20. The first-order valence-corrected chi connectivity index (χ1v) is 32.1. The Morgan fingerprint density at radius 3 is 1.39 bits per heavy atom. The fourth-order valence-corrected chi connectivity index (χ4v) is 13.3. The molecule has 2 aliphatic heterocycles. The summed E-state index contributed by atoms with van der Waals surface area (Å²) in [6, 6.07) is 41.6. The number of para-hydroxylation sites is 4. The van der Waals surface area contributed by atoms with Crippen molar-refractivity contribution >= 4 is 75.8 Å². The first-order chi connectivity index (χ1) is 42.1. The number of methoxy groups -OCH3 is 4. The lowest BCUT2D eigenvalue weighted by Gasteiger charge is -2.23. The van der Waals surface area contributed by atoms with Crippen LogP contribution in [0.2, 0.25) is 0 Å². The highest BCUT2D eigenvalue weighted by Gasteiger charge is 2.30. The van der Waals surface area contributed by atoms with E-state index in [1.54, 1.807) is 53.8 Å². The molecular formula is C64H69ClN8O12S2. The summed E-state index contributed by atoms with van der Waals surface area (Å²) < 4.78 is 90.8. The third-order valence-electron chi connectivity index (χ3n) is 14.3. The van der Waals surface area contributed by atoms with E-state index in [9.17, 15) is 27.4 Å². The molecule has 2 fully saturated rings. The predicted octanol–water partition coefficient (Wildman–Crippen LogP) is 11.6. The van der Waals surface area contributed by atoms with E-state index in [1.807, 2.05) is 116 Å². The van der Waals surface area contributed by atoms with Crippen LogP contribution >= 0.6 is 11.6 Å². The Labute approximate surface area is 512 Å². The number of nitrogens with one attached hydrogen (secondary N) is 3. The van der Waals surface area contributed by atoms with Crippen LogP contribution in [0.15, 0.2) is 134 Å². The molecule has 2 saturated heterocycles. The number of nitriles is 2. The summed E-state index contributed by atoms with van der Waals surface area (Å²) >= 11 is 5.76. The summed E-state index contributed by atoms with van der Waals surface area (Å²) in [6.45, 7) is 1.61. The second kappa shape index (κ2) is 30.5. The smallest absolute Gasteiger partial charge is 0.169 e. The molecule has 6 aromatic carbocycles. The van der Waals surface area contributed by atoms with Crippen LogP contribution in [0.5, 0.6) is 57.5 Å². The van der Waals surface area contributed by atoms with Crippen molar-refractivity contribution in [3.05, 3.63) is 145 Å². The molecule has 0 radical (unpaired) electrons. The molecule has 10 rings (SSSR count). The monoisotopic (exact) mass is 1240 g/mol. The van der Waals surface area contributed by atoms with Gasteiger partial charge in [0.2, 0.25) is 0 Å². The van der Waals surface area contributed by atoms with Gasteiger partial charge < -0.3 is 58.7 Å². The molecular weight excluding hydrogens is 1170 g/mol. The zero-order chi connectivity index (χ0) is 61.9. The molecule has 87 heavy (non-hydrogen) atoms. The van der Waals surface area contributed by atoms with Gasteiger partial charge in [0.25, 0.3) is 0 Å². The third-order valence-corrected chi connectivity index (χ3v) is 18.1. The van der Waals surface area contributed by atoms with Gasteiger partial charge in [0.15, 0.2) is 65.7 Å². The van der Waals surface area contributed by atoms with Crippen LogP contribution in [0.4, 0.5) is 22.7 Å². The van der Waals surface area contributed by atoms with Crippen LogP contribution in [0.3, 0.4) is 0 Å². The molecule has 8 aromatic rings. The molecule has 4 heterocycles. The molecule has 0 spiro atoms. The van der Waals surface area contributed by atoms with Gasteiger partial charge >= 0.3 is 0 Å². The second-order valence-electron chi connectivity index (χ2n) is 20.2. The van der Waals surface area contributed by atoms with Crippen molar-refractivity contribution in [2.45, 2.75) is 37.8 Å². The number of pyridine rings is 2. The first kappa shape index (κ1) is 64.2. The molecule has 2 aliphatic rings. The van der Waals surface area contributed by atoms with Crippen LogP contribution in [0, 0.1) is 22.7 Å². The van der Waals surface area contributed by atoms with Crippen molar-refractivity contribution in [3.63, 3.8) is 0 Å². The number of sulfone groups is 2. The van der Waals surface area contributed by atoms with Crippen LogP contribution in [-0.4, -0.2) is 135 Å². The largest absolute Gasteiger partial charge is 0.493 e. The molecule has 2 aromatic heterocycles. The van der Waals surface area contributed by atoms with Crippen LogP contribution in [-0.2, 0) is 19.7 Å². The van der Waals surface area contributed by atoms with Gasteiger partial charge in [-0.25, -0.2) is 16.8 Å². The number of anilines is 4. The summed E-state index contributed by atoms with van der Waals surface area (Å²) in [4.78, 5) is 11.0. The maximum Gasteiger partial charge on any atom is 0.169 e. The molecule has 23 heteroatoms. The lowest BCUT2D eigenvalue weighted by Crippen LogP contribution is -2.34. The van der Waals surface area contributed by atoms with Crippen LogP contribution in [0.1, 0.15) is 36.8 Å². The van der Waals surface area contributed by atoms with Crippen LogP contribution < -0.4 is 53.8 Å². The van der Waals surface area contributed by atoms with Gasteiger partial charge in [-0.05, 0) is 125 Å². The number of hydrogen-bond donors (Lipinski definition) is 3. The number of aromatic nitrogens is 2. The van der Waals surface area contributed by atoms with E-state index in [0.717, 1.165) is 36.1 Å². The molecule has 2 unspecified atom stereocenters.